The zero-order valence-corrected chi connectivity index (χ0v) is 14.7. The van der Waals surface area contributed by atoms with E-state index >= 15 is 0 Å². The molecule has 3 nitrogen and oxygen atoms in total. The first-order chi connectivity index (χ1) is 11.9. The van der Waals surface area contributed by atoms with E-state index in [4.69, 9.17) is 22.2 Å². The summed E-state index contributed by atoms with van der Waals surface area (Å²) in [6, 6.07) is 4.43. The highest BCUT2D eigenvalue weighted by Gasteiger charge is 2.58. The maximum Gasteiger partial charge on any atom is 0.458 e. The predicted molar refractivity (Wildman–Crippen MR) is 89.9 cm³/mol. The molecule has 1 aromatic rings. The second-order valence-electron chi connectivity index (χ2n) is 6.21. The summed E-state index contributed by atoms with van der Waals surface area (Å²) in [5.74, 6) is -4.85. The van der Waals surface area contributed by atoms with Crippen LogP contribution >= 0.6 is 12.2 Å². The number of rotatable bonds is 4. The van der Waals surface area contributed by atoms with Crippen molar-refractivity contribution in [1.82, 2.24) is 5.32 Å². The number of hydrogen-bond donors (Lipinski definition) is 1. The van der Waals surface area contributed by atoms with E-state index in [1.807, 2.05) is 6.07 Å². The molecular weight excluding hydrogens is 375 g/mol. The second kappa shape index (κ2) is 6.83. The Morgan fingerprint density at radius 3 is 2.50 bits per heavy atom. The van der Waals surface area contributed by atoms with Crippen LogP contribution in [0.15, 0.2) is 24.3 Å². The van der Waals surface area contributed by atoms with Crippen LogP contribution in [0.4, 0.5) is 22.0 Å². The van der Waals surface area contributed by atoms with Gasteiger partial charge < -0.3 is 10.1 Å². The Bertz CT molecular complexity index is 793. The first-order valence-electron chi connectivity index (χ1n) is 7.55. The number of alkyl halides is 5. The summed E-state index contributed by atoms with van der Waals surface area (Å²) < 4.78 is 71.0. The summed E-state index contributed by atoms with van der Waals surface area (Å²) in [7, 11) is 0. The highest BCUT2D eigenvalue weighted by molar-refractivity contribution is 7.81. The van der Waals surface area contributed by atoms with Crippen LogP contribution in [-0.2, 0) is 5.92 Å². The molecule has 26 heavy (non-hydrogen) atoms. The number of nitrogens with zero attached hydrogens (tertiary/aromatic N) is 1. The minimum Gasteiger partial charge on any atom is -0.483 e. The van der Waals surface area contributed by atoms with Crippen molar-refractivity contribution in [2.45, 2.75) is 38.0 Å². The van der Waals surface area contributed by atoms with Crippen LogP contribution in [0.25, 0.3) is 5.57 Å². The van der Waals surface area contributed by atoms with Crippen molar-refractivity contribution in [1.29, 1.82) is 5.26 Å². The Kier molecular flexibility index (Phi) is 5.29. The predicted octanol–water partition coefficient (Wildman–Crippen LogP) is 4.73. The molecule has 0 aromatic heterocycles. The second-order valence-corrected chi connectivity index (χ2v) is 6.62. The van der Waals surface area contributed by atoms with Crippen molar-refractivity contribution in [3.63, 3.8) is 0 Å². The molecule has 0 saturated heterocycles. The Morgan fingerprint density at radius 2 is 1.92 bits per heavy atom. The molecule has 0 aliphatic carbocycles. The lowest BCUT2D eigenvalue weighted by Gasteiger charge is -2.32. The molecule has 0 unspecified atom stereocenters. The normalized spacial score (nSPS) is 16.0. The largest absolute Gasteiger partial charge is 0.483 e. The van der Waals surface area contributed by atoms with Gasteiger partial charge in [0.2, 0.25) is 0 Å². The van der Waals surface area contributed by atoms with Crippen LogP contribution in [0.3, 0.4) is 0 Å². The van der Waals surface area contributed by atoms with Gasteiger partial charge in [-0.3, -0.25) is 0 Å². The first kappa shape index (κ1) is 20.1. The van der Waals surface area contributed by atoms with Crippen LogP contribution in [0.2, 0.25) is 0 Å². The zero-order valence-electron chi connectivity index (χ0n) is 13.9. The van der Waals surface area contributed by atoms with Crippen molar-refractivity contribution >= 4 is 22.8 Å². The van der Waals surface area contributed by atoms with Crippen LogP contribution in [-0.4, -0.2) is 23.3 Å². The Morgan fingerprint density at radius 1 is 1.27 bits per heavy atom. The maximum atomic E-state index is 13.7. The van der Waals surface area contributed by atoms with E-state index in [0.29, 0.717) is 6.07 Å². The molecule has 1 N–H and O–H groups in total. The van der Waals surface area contributed by atoms with Gasteiger partial charge in [0.05, 0.1) is 12.5 Å². The fraction of sp³-hybridized carbons (Fsp3) is 0.412. The number of thiocarbonyl (C=S) groups is 1. The van der Waals surface area contributed by atoms with Gasteiger partial charge in [0.25, 0.3) is 0 Å². The number of ether oxygens (including phenoxy) is 1. The number of hydrogen-bond acceptors (Lipinski definition) is 3. The third-order valence-electron chi connectivity index (χ3n) is 3.62. The molecule has 9 heteroatoms. The molecule has 0 bridgehead atoms. The van der Waals surface area contributed by atoms with E-state index < -0.39 is 23.3 Å². The molecule has 140 valence electrons. The average Bonchev–Trinajstić information content (AvgIpc) is 2.51. The van der Waals surface area contributed by atoms with Gasteiger partial charge >= 0.3 is 12.1 Å². The highest BCUT2D eigenvalue weighted by Crippen LogP contribution is 2.46. The number of fused-ring (bicyclic) bond motifs is 1. The van der Waals surface area contributed by atoms with Crippen LogP contribution in [0, 0.1) is 11.3 Å². The van der Waals surface area contributed by atoms with Gasteiger partial charge in [0, 0.05) is 23.2 Å². The topological polar surface area (TPSA) is 45.0 Å². The summed E-state index contributed by atoms with van der Waals surface area (Å²) >= 11 is 5.22. The summed E-state index contributed by atoms with van der Waals surface area (Å²) in [4.78, 5) is 0.144. The molecule has 0 spiro atoms. The van der Waals surface area contributed by atoms with Crippen molar-refractivity contribution in [3.05, 3.63) is 35.4 Å². The van der Waals surface area contributed by atoms with Gasteiger partial charge in [-0.25, -0.2) is 0 Å². The Hall–Kier alpha value is -2.21. The minimum atomic E-state index is -5.72. The molecule has 0 saturated carbocycles. The van der Waals surface area contributed by atoms with E-state index in [9.17, 15) is 22.0 Å². The Balaban J connectivity index is 2.49. The number of benzene rings is 1. The lowest BCUT2D eigenvalue weighted by Crippen LogP contribution is -2.35. The van der Waals surface area contributed by atoms with Gasteiger partial charge in [-0.15, -0.1) is 0 Å². The molecule has 0 amide bonds. The van der Waals surface area contributed by atoms with Crippen LogP contribution < -0.4 is 10.1 Å². The van der Waals surface area contributed by atoms with E-state index in [0.717, 1.165) is 12.1 Å². The van der Waals surface area contributed by atoms with Crippen molar-refractivity contribution in [2.75, 3.05) is 6.54 Å². The van der Waals surface area contributed by atoms with Crippen LogP contribution in [0.1, 0.15) is 31.4 Å². The lowest BCUT2D eigenvalue weighted by atomic mass is 9.92. The van der Waals surface area contributed by atoms with E-state index in [-0.39, 0.29) is 34.8 Å². The fourth-order valence-corrected chi connectivity index (χ4v) is 2.71. The number of nitriles is 1. The van der Waals surface area contributed by atoms with E-state index in [1.54, 1.807) is 19.9 Å². The number of halogens is 5. The van der Waals surface area contributed by atoms with Gasteiger partial charge in [0.15, 0.2) is 0 Å². The van der Waals surface area contributed by atoms with Crippen LogP contribution in [0.5, 0.6) is 5.75 Å². The quantitative estimate of drug-likeness (QED) is 0.459. The maximum absolute atomic E-state index is 13.7. The van der Waals surface area contributed by atoms with Gasteiger partial charge in [0.1, 0.15) is 16.3 Å². The molecule has 0 radical (unpaired) electrons. The standard InChI is InChI=1S/C17H15F5N2OS/c1-15(2)9-12(14(26)24-7-3-6-23)11-8-10(4-5-13(11)25-15)16(18,19)17(20,21)22/h4-5,8-9H,3,7H2,1-2H3,(H,24,26). The monoisotopic (exact) mass is 390 g/mol. The van der Waals surface area contributed by atoms with Crippen molar-refractivity contribution in [2.24, 2.45) is 0 Å². The minimum absolute atomic E-state index is 0.0419. The smallest absolute Gasteiger partial charge is 0.458 e. The Labute approximate surface area is 152 Å². The molecular formula is C17H15F5N2OS. The van der Waals surface area contributed by atoms with Crippen molar-refractivity contribution in [3.8, 4) is 11.8 Å². The van der Waals surface area contributed by atoms with E-state index in [1.165, 1.54) is 0 Å². The number of nitrogens with one attached hydrogen (secondary N) is 1. The summed E-state index contributed by atoms with van der Waals surface area (Å²) in [6.07, 6.45) is -4.01. The molecule has 1 aliphatic heterocycles. The lowest BCUT2D eigenvalue weighted by molar-refractivity contribution is -0.289. The third-order valence-corrected chi connectivity index (χ3v) is 3.98. The molecule has 1 aromatic carbocycles. The summed E-state index contributed by atoms with van der Waals surface area (Å²) in [5.41, 5.74) is -1.71. The van der Waals surface area contributed by atoms with Gasteiger partial charge in [-0.05, 0) is 38.1 Å². The zero-order chi connectivity index (χ0) is 19.8. The van der Waals surface area contributed by atoms with Gasteiger partial charge in [-0.2, -0.15) is 27.2 Å². The molecule has 0 fully saturated rings. The first-order valence-corrected chi connectivity index (χ1v) is 7.96. The van der Waals surface area contributed by atoms with E-state index in [2.05, 4.69) is 5.32 Å². The third kappa shape index (κ3) is 3.96. The SMILES string of the molecule is CC1(C)C=C(C(=S)NCCC#N)c2cc(C(F)(F)C(F)(F)F)ccc2O1. The highest BCUT2D eigenvalue weighted by atomic mass is 32.1. The molecule has 1 aliphatic rings. The molecule has 1 heterocycles. The summed E-state index contributed by atoms with van der Waals surface area (Å²) in [6.45, 7) is 3.62. The summed E-state index contributed by atoms with van der Waals surface area (Å²) in [5, 5.41) is 11.4. The average molecular weight is 390 g/mol. The fourth-order valence-electron chi connectivity index (χ4n) is 2.44. The van der Waals surface area contributed by atoms with Crippen molar-refractivity contribution < 1.29 is 26.7 Å². The molecule has 0 atom stereocenters. The molecule has 2 rings (SSSR count). The van der Waals surface area contributed by atoms with Gasteiger partial charge in [-0.1, -0.05) is 12.2 Å².